The second kappa shape index (κ2) is 3.95. The highest BCUT2D eigenvalue weighted by molar-refractivity contribution is 7.98. The van der Waals surface area contributed by atoms with Gasteiger partial charge in [-0.3, -0.25) is 0 Å². The minimum Gasteiger partial charge on any atom is -0.324 e. The first kappa shape index (κ1) is 10.1. The van der Waals surface area contributed by atoms with Crippen molar-refractivity contribution in [3.63, 3.8) is 0 Å². The van der Waals surface area contributed by atoms with E-state index in [0.29, 0.717) is 0 Å². The maximum absolute atomic E-state index is 6.20. The highest BCUT2D eigenvalue weighted by Gasteiger charge is 2.18. The summed E-state index contributed by atoms with van der Waals surface area (Å²) >= 11 is 2.01. The molecule has 0 saturated carbocycles. The molecule has 0 amide bonds. The van der Waals surface area contributed by atoms with Gasteiger partial charge in [0, 0.05) is 11.8 Å². The Hall–Kier alpha value is -0.470. The SMILES string of the molecule is Cc1ccc(C)c2c1CSCC[C@@H]2N. The van der Waals surface area contributed by atoms with Crippen LogP contribution in [0.1, 0.15) is 34.7 Å². The topological polar surface area (TPSA) is 26.0 Å². The third-order valence-electron chi connectivity index (χ3n) is 3.00. The number of thioether (sulfide) groups is 1. The van der Waals surface area contributed by atoms with Gasteiger partial charge in [-0.1, -0.05) is 12.1 Å². The number of nitrogens with two attached hydrogens (primary N) is 1. The summed E-state index contributed by atoms with van der Waals surface area (Å²) in [7, 11) is 0. The summed E-state index contributed by atoms with van der Waals surface area (Å²) in [6.45, 7) is 4.37. The van der Waals surface area contributed by atoms with E-state index >= 15 is 0 Å². The normalized spacial score (nSPS) is 21.5. The summed E-state index contributed by atoms with van der Waals surface area (Å²) < 4.78 is 0. The van der Waals surface area contributed by atoms with Crippen molar-refractivity contribution in [2.75, 3.05) is 5.75 Å². The van der Waals surface area contributed by atoms with Crippen molar-refractivity contribution < 1.29 is 0 Å². The second-order valence-corrected chi connectivity index (χ2v) is 5.14. The Balaban J connectivity index is 2.57. The van der Waals surface area contributed by atoms with Crippen LogP contribution < -0.4 is 5.73 Å². The average molecular weight is 207 g/mol. The van der Waals surface area contributed by atoms with E-state index in [1.807, 2.05) is 11.8 Å². The molecular weight excluding hydrogens is 190 g/mol. The van der Waals surface area contributed by atoms with Crippen LogP contribution in [0.25, 0.3) is 0 Å². The zero-order valence-corrected chi connectivity index (χ0v) is 9.66. The summed E-state index contributed by atoms with van der Waals surface area (Å²) in [5.41, 5.74) is 11.9. The fraction of sp³-hybridized carbons (Fsp3) is 0.500. The molecule has 76 valence electrons. The molecular formula is C12H17NS. The van der Waals surface area contributed by atoms with Gasteiger partial charge in [-0.25, -0.2) is 0 Å². The molecule has 0 unspecified atom stereocenters. The fourth-order valence-electron chi connectivity index (χ4n) is 2.13. The van der Waals surface area contributed by atoms with Gasteiger partial charge in [0.2, 0.25) is 0 Å². The largest absolute Gasteiger partial charge is 0.324 e. The molecule has 0 fully saturated rings. The van der Waals surface area contributed by atoms with E-state index in [2.05, 4.69) is 26.0 Å². The molecule has 1 nitrogen and oxygen atoms in total. The molecule has 0 radical (unpaired) electrons. The molecule has 1 heterocycles. The van der Waals surface area contributed by atoms with E-state index in [0.717, 1.165) is 12.2 Å². The van der Waals surface area contributed by atoms with E-state index in [1.165, 1.54) is 28.0 Å². The van der Waals surface area contributed by atoms with Gasteiger partial charge in [0.15, 0.2) is 0 Å². The first-order valence-electron chi connectivity index (χ1n) is 5.12. The smallest absolute Gasteiger partial charge is 0.0308 e. The maximum atomic E-state index is 6.20. The summed E-state index contributed by atoms with van der Waals surface area (Å²) in [5, 5.41) is 0. The van der Waals surface area contributed by atoms with Gasteiger partial charge < -0.3 is 5.73 Å². The van der Waals surface area contributed by atoms with Crippen LogP contribution in [0.5, 0.6) is 0 Å². The van der Waals surface area contributed by atoms with Crippen molar-refractivity contribution in [1.82, 2.24) is 0 Å². The molecule has 0 spiro atoms. The molecule has 2 N–H and O–H groups in total. The average Bonchev–Trinajstić information content (AvgIpc) is 2.35. The number of benzene rings is 1. The Kier molecular flexibility index (Phi) is 2.84. The van der Waals surface area contributed by atoms with E-state index in [9.17, 15) is 0 Å². The van der Waals surface area contributed by atoms with Crippen molar-refractivity contribution in [3.8, 4) is 0 Å². The van der Waals surface area contributed by atoms with Crippen LogP contribution in [0.15, 0.2) is 12.1 Å². The number of fused-ring (bicyclic) bond motifs is 1. The zero-order valence-electron chi connectivity index (χ0n) is 8.84. The van der Waals surface area contributed by atoms with Crippen molar-refractivity contribution >= 4 is 11.8 Å². The molecule has 1 aromatic rings. The van der Waals surface area contributed by atoms with Crippen LogP contribution in [-0.4, -0.2) is 5.75 Å². The van der Waals surface area contributed by atoms with Crippen molar-refractivity contribution in [2.24, 2.45) is 5.73 Å². The quantitative estimate of drug-likeness (QED) is 0.708. The van der Waals surface area contributed by atoms with Gasteiger partial charge >= 0.3 is 0 Å². The minimum absolute atomic E-state index is 0.250. The Bertz CT molecular complexity index is 346. The van der Waals surface area contributed by atoms with E-state index in [4.69, 9.17) is 5.73 Å². The Morgan fingerprint density at radius 1 is 1.29 bits per heavy atom. The molecule has 0 bridgehead atoms. The Morgan fingerprint density at radius 3 is 2.79 bits per heavy atom. The highest BCUT2D eigenvalue weighted by atomic mass is 32.2. The van der Waals surface area contributed by atoms with Gasteiger partial charge in [0.05, 0.1) is 0 Å². The Labute approximate surface area is 90.1 Å². The molecule has 0 aromatic heterocycles. The van der Waals surface area contributed by atoms with Crippen LogP contribution in [0.2, 0.25) is 0 Å². The molecule has 1 aromatic carbocycles. The molecule has 2 rings (SSSR count). The van der Waals surface area contributed by atoms with Crippen molar-refractivity contribution in [2.45, 2.75) is 32.1 Å². The number of hydrogen-bond donors (Lipinski definition) is 1. The molecule has 2 heteroatoms. The molecule has 14 heavy (non-hydrogen) atoms. The third kappa shape index (κ3) is 1.69. The summed E-state index contributed by atoms with van der Waals surface area (Å²) in [5.74, 6) is 2.32. The van der Waals surface area contributed by atoms with Crippen molar-refractivity contribution in [1.29, 1.82) is 0 Å². The molecule has 0 saturated heterocycles. The lowest BCUT2D eigenvalue weighted by Crippen LogP contribution is -2.13. The van der Waals surface area contributed by atoms with Crippen LogP contribution in [-0.2, 0) is 5.75 Å². The van der Waals surface area contributed by atoms with Crippen LogP contribution in [0, 0.1) is 13.8 Å². The predicted octanol–water partition coefficient (Wildman–Crippen LogP) is 2.94. The van der Waals surface area contributed by atoms with Crippen LogP contribution in [0.4, 0.5) is 0 Å². The standard InChI is InChI=1S/C12H17NS/c1-8-3-4-9(2)12-10(8)7-14-6-5-11(12)13/h3-4,11H,5-7,13H2,1-2H3/t11-/m0/s1. The molecule has 1 aliphatic rings. The number of aryl methyl sites for hydroxylation is 2. The summed E-state index contributed by atoms with van der Waals surface area (Å²) in [6, 6.07) is 4.66. The van der Waals surface area contributed by atoms with Crippen molar-refractivity contribution in [3.05, 3.63) is 34.4 Å². The van der Waals surface area contributed by atoms with E-state index in [1.54, 1.807) is 0 Å². The van der Waals surface area contributed by atoms with E-state index < -0.39 is 0 Å². The monoisotopic (exact) mass is 207 g/mol. The van der Waals surface area contributed by atoms with Gasteiger partial charge in [0.25, 0.3) is 0 Å². The second-order valence-electron chi connectivity index (χ2n) is 4.04. The van der Waals surface area contributed by atoms with E-state index in [-0.39, 0.29) is 6.04 Å². The van der Waals surface area contributed by atoms with Gasteiger partial charge in [-0.05, 0) is 48.3 Å². The lowest BCUT2D eigenvalue weighted by atomic mass is 9.92. The zero-order chi connectivity index (χ0) is 10.1. The number of rotatable bonds is 0. The molecule has 1 aliphatic heterocycles. The first-order valence-corrected chi connectivity index (χ1v) is 6.28. The van der Waals surface area contributed by atoms with Crippen LogP contribution >= 0.6 is 11.8 Å². The van der Waals surface area contributed by atoms with Gasteiger partial charge in [-0.15, -0.1) is 0 Å². The lowest BCUT2D eigenvalue weighted by molar-refractivity contribution is 0.699. The predicted molar refractivity (Wildman–Crippen MR) is 63.6 cm³/mol. The van der Waals surface area contributed by atoms with Gasteiger partial charge in [0.1, 0.15) is 0 Å². The maximum Gasteiger partial charge on any atom is 0.0308 e. The summed E-state index contributed by atoms with van der Waals surface area (Å²) in [6.07, 6.45) is 1.11. The molecule has 0 aliphatic carbocycles. The molecule has 1 atom stereocenters. The third-order valence-corrected chi connectivity index (χ3v) is 4.02. The minimum atomic E-state index is 0.250. The first-order chi connectivity index (χ1) is 6.70. The summed E-state index contributed by atoms with van der Waals surface area (Å²) in [4.78, 5) is 0. The van der Waals surface area contributed by atoms with Gasteiger partial charge in [-0.2, -0.15) is 11.8 Å². The van der Waals surface area contributed by atoms with Crippen LogP contribution in [0.3, 0.4) is 0 Å². The lowest BCUT2D eigenvalue weighted by Gasteiger charge is -2.17. The highest BCUT2D eigenvalue weighted by Crippen LogP contribution is 2.33. The fourth-order valence-corrected chi connectivity index (χ4v) is 3.28. The Morgan fingerprint density at radius 2 is 2.00 bits per heavy atom. The number of hydrogen-bond acceptors (Lipinski definition) is 2.